The molecule has 3 rings (SSSR count). The number of nitrogens with zero attached hydrogens (tertiary/aromatic N) is 1. The number of piperidine rings is 1. The van der Waals surface area contributed by atoms with Crippen LogP contribution in [0.5, 0.6) is 0 Å². The van der Waals surface area contributed by atoms with Gasteiger partial charge >= 0.3 is 0 Å². The molecule has 2 saturated heterocycles. The highest BCUT2D eigenvalue weighted by Crippen LogP contribution is 2.40. The van der Waals surface area contributed by atoms with Crippen LogP contribution in [0.1, 0.15) is 51.2 Å². The van der Waals surface area contributed by atoms with Crippen molar-refractivity contribution in [1.29, 1.82) is 0 Å². The Bertz CT molecular complexity index is 536. The lowest BCUT2D eigenvalue weighted by molar-refractivity contribution is -0.137. The smallest absolute Gasteiger partial charge is 0.229 e. The van der Waals surface area contributed by atoms with E-state index in [0.717, 1.165) is 45.4 Å². The Labute approximate surface area is 134 Å². The van der Waals surface area contributed by atoms with Crippen LogP contribution in [0.25, 0.3) is 0 Å². The lowest BCUT2D eigenvalue weighted by Crippen LogP contribution is -2.42. The van der Waals surface area contributed by atoms with Gasteiger partial charge in [-0.2, -0.15) is 0 Å². The van der Waals surface area contributed by atoms with E-state index in [1.807, 2.05) is 0 Å². The fourth-order valence-electron chi connectivity index (χ4n) is 3.74. The van der Waals surface area contributed by atoms with E-state index in [4.69, 9.17) is 0 Å². The number of likely N-dealkylation sites (tertiary alicyclic amines) is 1. The number of carbonyl (C=O) groups is 1. The average Bonchev–Trinajstić information content (AvgIpc) is 2.77. The molecule has 1 amide bonds. The monoisotopic (exact) mass is 300 g/mol. The first kappa shape index (κ1) is 15.5. The summed E-state index contributed by atoms with van der Waals surface area (Å²) in [6.45, 7) is 10.3. The SMILES string of the molecule is CC(C)(C)c1ccc(CN2CCC3(CCNCC3)C2=O)cc1. The lowest BCUT2D eigenvalue weighted by Gasteiger charge is -2.32. The van der Waals surface area contributed by atoms with Crippen molar-refractivity contribution in [1.82, 2.24) is 10.2 Å². The number of amides is 1. The normalized spacial score (nSPS) is 21.6. The molecule has 0 aliphatic carbocycles. The molecule has 22 heavy (non-hydrogen) atoms. The Morgan fingerprint density at radius 2 is 1.73 bits per heavy atom. The predicted octanol–water partition coefficient (Wildman–Crippen LogP) is 3.09. The molecule has 3 nitrogen and oxygen atoms in total. The molecule has 3 heteroatoms. The van der Waals surface area contributed by atoms with Crippen LogP contribution < -0.4 is 5.32 Å². The van der Waals surface area contributed by atoms with E-state index < -0.39 is 0 Å². The van der Waals surface area contributed by atoms with E-state index in [0.29, 0.717) is 5.91 Å². The number of rotatable bonds is 2. The lowest BCUT2D eigenvalue weighted by atomic mass is 9.78. The van der Waals surface area contributed by atoms with Crippen LogP contribution >= 0.6 is 0 Å². The highest BCUT2D eigenvalue weighted by atomic mass is 16.2. The summed E-state index contributed by atoms with van der Waals surface area (Å²) in [5.41, 5.74) is 2.71. The predicted molar refractivity (Wildman–Crippen MR) is 89.7 cm³/mol. The Morgan fingerprint density at radius 1 is 1.09 bits per heavy atom. The number of benzene rings is 1. The van der Waals surface area contributed by atoms with Crippen molar-refractivity contribution in [3.05, 3.63) is 35.4 Å². The Hall–Kier alpha value is -1.35. The second-order valence-corrected chi connectivity index (χ2v) is 7.95. The standard InChI is InChI=1S/C19H28N2O/c1-18(2,3)16-6-4-15(5-7-16)14-21-13-10-19(17(21)22)8-11-20-12-9-19/h4-7,20H,8-14H2,1-3H3. The van der Waals surface area contributed by atoms with Gasteiger partial charge in [-0.3, -0.25) is 4.79 Å². The van der Waals surface area contributed by atoms with Gasteiger partial charge in [0.25, 0.3) is 0 Å². The summed E-state index contributed by atoms with van der Waals surface area (Å²) in [4.78, 5) is 14.9. The van der Waals surface area contributed by atoms with Crippen LogP contribution in [-0.4, -0.2) is 30.4 Å². The van der Waals surface area contributed by atoms with Gasteiger partial charge in [-0.15, -0.1) is 0 Å². The number of carbonyl (C=O) groups excluding carboxylic acids is 1. The molecule has 2 aliphatic rings. The summed E-state index contributed by atoms with van der Waals surface area (Å²) in [7, 11) is 0. The van der Waals surface area contributed by atoms with Crippen molar-refractivity contribution in [3.63, 3.8) is 0 Å². The average molecular weight is 300 g/mol. The zero-order valence-corrected chi connectivity index (χ0v) is 14.1. The highest BCUT2D eigenvalue weighted by molar-refractivity contribution is 5.85. The van der Waals surface area contributed by atoms with Gasteiger partial charge in [0.15, 0.2) is 0 Å². The van der Waals surface area contributed by atoms with Gasteiger partial charge in [-0.1, -0.05) is 45.0 Å². The fourth-order valence-corrected chi connectivity index (χ4v) is 3.74. The molecule has 1 spiro atoms. The minimum absolute atomic E-state index is 0.0589. The zero-order valence-electron chi connectivity index (χ0n) is 14.1. The van der Waals surface area contributed by atoms with Gasteiger partial charge < -0.3 is 10.2 Å². The molecule has 120 valence electrons. The molecule has 0 radical (unpaired) electrons. The number of nitrogens with one attached hydrogen (secondary N) is 1. The number of hydrogen-bond acceptors (Lipinski definition) is 2. The van der Waals surface area contributed by atoms with Crippen LogP contribution in [0.3, 0.4) is 0 Å². The van der Waals surface area contributed by atoms with Gasteiger partial charge in [0.2, 0.25) is 5.91 Å². The van der Waals surface area contributed by atoms with E-state index in [1.54, 1.807) is 0 Å². The maximum absolute atomic E-state index is 12.8. The topological polar surface area (TPSA) is 32.3 Å². The maximum Gasteiger partial charge on any atom is 0.229 e. The minimum atomic E-state index is -0.0589. The summed E-state index contributed by atoms with van der Waals surface area (Å²) < 4.78 is 0. The first-order valence-corrected chi connectivity index (χ1v) is 8.50. The molecule has 1 N–H and O–H groups in total. The third-order valence-corrected chi connectivity index (χ3v) is 5.36. The van der Waals surface area contributed by atoms with E-state index in [9.17, 15) is 4.79 Å². The third kappa shape index (κ3) is 2.91. The molecule has 1 aromatic rings. The van der Waals surface area contributed by atoms with Gasteiger partial charge in [0, 0.05) is 13.1 Å². The van der Waals surface area contributed by atoms with Crippen LogP contribution in [0.15, 0.2) is 24.3 Å². The van der Waals surface area contributed by atoms with Gasteiger partial charge in [0.1, 0.15) is 0 Å². The van der Waals surface area contributed by atoms with Crippen LogP contribution in [0.2, 0.25) is 0 Å². The van der Waals surface area contributed by atoms with Crippen LogP contribution in [0, 0.1) is 5.41 Å². The van der Waals surface area contributed by atoms with Crippen LogP contribution in [-0.2, 0) is 16.8 Å². The molecule has 2 fully saturated rings. The molecule has 2 heterocycles. The van der Waals surface area contributed by atoms with Crippen molar-refractivity contribution >= 4 is 5.91 Å². The summed E-state index contributed by atoms with van der Waals surface area (Å²) in [6, 6.07) is 8.77. The zero-order chi connectivity index (χ0) is 15.8. The molecule has 1 aromatic carbocycles. The molecule has 2 aliphatic heterocycles. The molecular weight excluding hydrogens is 272 g/mol. The van der Waals surface area contributed by atoms with Crippen LogP contribution in [0.4, 0.5) is 0 Å². The van der Waals surface area contributed by atoms with Gasteiger partial charge in [0.05, 0.1) is 5.41 Å². The fraction of sp³-hybridized carbons (Fsp3) is 0.632. The second kappa shape index (κ2) is 5.69. The third-order valence-electron chi connectivity index (χ3n) is 5.36. The van der Waals surface area contributed by atoms with E-state index in [1.165, 1.54) is 11.1 Å². The molecule has 0 unspecified atom stereocenters. The highest BCUT2D eigenvalue weighted by Gasteiger charge is 2.46. The summed E-state index contributed by atoms with van der Waals surface area (Å²) in [5.74, 6) is 0.383. The Kier molecular flexibility index (Phi) is 4.02. The van der Waals surface area contributed by atoms with Crippen molar-refractivity contribution in [2.75, 3.05) is 19.6 Å². The Morgan fingerprint density at radius 3 is 2.32 bits per heavy atom. The summed E-state index contributed by atoms with van der Waals surface area (Å²) >= 11 is 0. The first-order chi connectivity index (χ1) is 10.4. The van der Waals surface area contributed by atoms with Gasteiger partial charge in [-0.05, 0) is 48.9 Å². The summed E-state index contributed by atoms with van der Waals surface area (Å²) in [6.07, 6.45) is 3.05. The maximum atomic E-state index is 12.8. The first-order valence-electron chi connectivity index (χ1n) is 8.50. The minimum Gasteiger partial charge on any atom is -0.338 e. The molecular formula is C19H28N2O. The quantitative estimate of drug-likeness (QED) is 0.910. The largest absolute Gasteiger partial charge is 0.338 e. The number of hydrogen-bond donors (Lipinski definition) is 1. The molecule has 0 atom stereocenters. The van der Waals surface area contributed by atoms with E-state index in [2.05, 4.69) is 55.3 Å². The molecule has 0 bridgehead atoms. The van der Waals surface area contributed by atoms with Crippen molar-refractivity contribution < 1.29 is 4.79 Å². The van der Waals surface area contributed by atoms with E-state index >= 15 is 0 Å². The van der Waals surface area contributed by atoms with Crippen molar-refractivity contribution in [3.8, 4) is 0 Å². The Balaban J connectivity index is 1.68. The molecule has 0 aromatic heterocycles. The van der Waals surface area contributed by atoms with Gasteiger partial charge in [-0.25, -0.2) is 0 Å². The van der Waals surface area contributed by atoms with Crippen molar-refractivity contribution in [2.24, 2.45) is 5.41 Å². The summed E-state index contributed by atoms with van der Waals surface area (Å²) in [5, 5.41) is 3.37. The van der Waals surface area contributed by atoms with Crippen molar-refractivity contribution in [2.45, 2.75) is 52.0 Å². The van der Waals surface area contributed by atoms with E-state index in [-0.39, 0.29) is 10.8 Å². The molecule has 0 saturated carbocycles. The second-order valence-electron chi connectivity index (χ2n) is 7.95.